The van der Waals surface area contributed by atoms with Crippen LogP contribution in [-0.2, 0) is 4.79 Å². The summed E-state index contributed by atoms with van der Waals surface area (Å²) in [6, 6.07) is 0.495. The van der Waals surface area contributed by atoms with Crippen molar-refractivity contribution in [1.82, 2.24) is 10.2 Å². The van der Waals surface area contributed by atoms with Crippen LogP contribution in [0.1, 0.15) is 39.5 Å². The van der Waals surface area contributed by atoms with Crippen molar-refractivity contribution in [3.05, 3.63) is 0 Å². The summed E-state index contributed by atoms with van der Waals surface area (Å²) in [5.41, 5.74) is 0. The van der Waals surface area contributed by atoms with Gasteiger partial charge in [0.15, 0.2) is 0 Å². The first-order chi connectivity index (χ1) is 7.70. The van der Waals surface area contributed by atoms with Gasteiger partial charge in [-0.15, -0.1) is 0 Å². The lowest BCUT2D eigenvalue weighted by Gasteiger charge is -2.32. The van der Waals surface area contributed by atoms with Crippen molar-refractivity contribution in [1.29, 1.82) is 0 Å². The predicted octanol–water partition coefficient (Wildman–Crippen LogP) is 1.63. The highest BCUT2D eigenvalue weighted by Crippen LogP contribution is 2.26. The van der Waals surface area contributed by atoms with Crippen LogP contribution in [0.15, 0.2) is 0 Å². The number of amides is 1. The summed E-state index contributed by atoms with van der Waals surface area (Å²) in [6.45, 7) is 7.42. The maximum atomic E-state index is 12.4. The van der Waals surface area contributed by atoms with Gasteiger partial charge >= 0.3 is 0 Å². The molecule has 0 bridgehead atoms. The van der Waals surface area contributed by atoms with Crippen LogP contribution in [0.5, 0.6) is 0 Å². The average molecular weight is 224 g/mol. The highest BCUT2D eigenvalue weighted by molar-refractivity contribution is 5.79. The van der Waals surface area contributed by atoms with Gasteiger partial charge in [-0.2, -0.15) is 0 Å². The van der Waals surface area contributed by atoms with E-state index in [-0.39, 0.29) is 5.92 Å². The molecule has 2 saturated heterocycles. The first-order valence-corrected chi connectivity index (χ1v) is 6.71. The molecule has 0 aromatic rings. The Morgan fingerprint density at radius 2 is 2.12 bits per heavy atom. The lowest BCUT2D eigenvalue weighted by Crippen LogP contribution is -2.46. The van der Waals surface area contributed by atoms with E-state index in [2.05, 4.69) is 24.1 Å². The molecule has 2 rings (SSSR count). The summed E-state index contributed by atoms with van der Waals surface area (Å²) >= 11 is 0. The third kappa shape index (κ3) is 2.40. The van der Waals surface area contributed by atoms with Crippen LogP contribution in [0, 0.1) is 11.8 Å². The van der Waals surface area contributed by atoms with Gasteiger partial charge in [-0.1, -0.05) is 13.8 Å². The molecule has 2 fully saturated rings. The zero-order valence-corrected chi connectivity index (χ0v) is 10.5. The summed E-state index contributed by atoms with van der Waals surface area (Å²) in [4.78, 5) is 14.6. The number of nitrogens with zero attached hydrogens (tertiary/aromatic N) is 1. The minimum absolute atomic E-state index is 0.244. The summed E-state index contributed by atoms with van der Waals surface area (Å²) in [5.74, 6) is 1.25. The second-order valence-corrected chi connectivity index (χ2v) is 5.53. The quantitative estimate of drug-likeness (QED) is 0.773. The van der Waals surface area contributed by atoms with Crippen molar-refractivity contribution >= 4 is 5.91 Å². The number of rotatable bonds is 2. The van der Waals surface area contributed by atoms with Crippen LogP contribution in [0.2, 0.25) is 0 Å². The van der Waals surface area contributed by atoms with Crippen LogP contribution in [0.25, 0.3) is 0 Å². The van der Waals surface area contributed by atoms with E-state index in [0.29, 0.717) is 17.9 Å². The minimum Gasteiger partial charge on any atom is -0.339 e. The Morgan fingerprint density at radius 3 is 2.75 bits per heavy atom. The molecule has 2 atom stereocenters. The molecular formula is C13H24N2O. The summed E-state index contributed by atoms with van der Waals surface area (Å²) in [6.07, 6.45) is 4.61. The number of piperidine rings is 1. The molecule has 0 aliphatic carbocycles. The summed E-state index contributed by atoms with van der Waals surface area (Å²) in [5, 5.41) is 3.34. The Hall–Kier alpha value is -0.570. The first-order valence-electron chi connectivity index (χ1n) is 6.71. The fourth-order valence-electron chi connectivity index (χ4n) is 3.06. The van der Waals surface area contributed by atoms with Gasteiger partial charge in [-0.05, 0) is 38.1 Å². The van der Waals surface area contributed by atoms with Crippen LogP contribution in [-0.4, -0.2) is 36.5 Å². The Morgan fingerprint density at radius 1 is 1.31 bits per heavy atom. The molecule has 2 heterocycles. The molecule has 0 aromatic heterocycles. The van der Waals surface area contributed by atoms with E-state index < -0.39 is 0 Å². The molecule has 0 spiro atoms. The zero-order chi connectivity index (χ0) is 11.5. The highest BCUT2D eigenvalue weighted by atomic mass is 16.2. The molecule has 92 valence electrons. The lowest BCUT2D eigenvalue weighted by atomic mass is 9.96. The molecule has 1 N–H and O–H groups in total. The van der Waals surface area contributed by atoms with E-state index in [1.54, 1.807) is 0 Å². The smallest absolute Gasteiger partial charge is 0.227 e. The molecule has 3 nitrogen and oxygen atoms in total. The van der Waals surface area contributed by atoms with Gasteiger partial charge in [-0.3, -0.25) is 4.79 Å². The number of nitrogens with one attached hydrogen (secondary N) is 1. The van der Waals surface area contributed by atoms with Gasteiger partial charge in [0.25, 0.3) is 0 Å². The van der Waals surface area contributed by atoms with Gasteiger partial charge in [0.05, 0.1) is 5.92 Å². The maximum absolute atomic E-state index is 12.4. The van der Waals surface area contributed by atoms with Gasteiger partial charge in [0.1, 0.15) is 0 Å². The highest BCUT2D eigenvalue weighted by Gasteiger charge is 2.34. The second-order valence-electron chi connectivity index (χ2n) is 5.53. The number of likely N-dealkylation sites (tertiary alicyclic amines) is 1. The van der Waals surface area contributed by atoms with E-state index in [9.17, 15) is 4.79 Å². The van der Waals surface area contributed by atoms with Crippen molar-refractivity contribution in [3.63, 3.8) is 0 Å². The normalized spacial score (nSPS) is 31.1. The van der Waals surface area contributed by atoms with Crippen LogP contribution >= 0.6 is 0 Å². The number of hydrogen-bond donors (Lipinski definition) is 1. The van der Waals surface area contributed by atoms with Crippen molar-refractivity contribution in [2.75, 3.05) is 19.6 Å². The van der Waals surface area contributed by atoms with Gasteiger partial charge in [-0.25, -0.2) is 0 Å². The molecule has 0 radical (unpaired) electrons. The number of carbonyl (C=O) groups is 1. The monoisotopic (exact) mass is 224 g/mol. The van der Waals surface area contributed by atoms with Gasteiger partial charge in [0.2, 0.25) is 5.91 Å². The molecule has 1 unspecified atom stereocenters. The van der Waals surface area contributed by atoms with Gasteiger partial charge < -0.3 is 10.2 Å². The Kier molecular flexibility index (Phi) is 3.85. The topological polar surface area (TPSA) is 32.3 Å². The minimum atomic E-state index is 0.244. The van der Waals surface area contributed by atoms with Crippen molar-refractivity contribution in [3.8, 4) is 0 Å². The largest absolute Gasteiger partial charge is 0.339 e. The predicted molar refractivity (Wildman–Crippen MR) is 65.2 cm³/mol. The number of hydrogen-bond acceptors (Lipinski definition) is 2. The van der Waals surface area contributed by atoms with E-state index in [0.717, 1.165) is 32.5 Å². The van der Waals surface area contributed by atoms with Crippen LogP contribution < -0.4 is 5.32 Å². The van der Waals surface area contributed by atoms with E-state index >= 15 is 0 Å². The lowest BCUT2D eigenvalue weighted by molar-refractivity contribution is -0.137. The summed E-state index contributed by atoms with van der Waals surface area (Å²) < 4.78 is 0. The van der Waals surface area contributed by atoms with E-state index in [4.69, 9.17) is 0 Å². The SMILES string of the molecule is CC(C)C1CCCN1C(=O)[C@@H]1CCCNC1. The fourth-order valence-corrected chi connectivity index (χ4v) is 3.06. The molecule has 1 amide bonds. The average Bonchev–Trinajstić information content (AvgIpc) is 2.78. The molecule has 2 aliphatic rings. The molecule has 0 aromatic carbocycles. The van der Waals surface area contributed by atoms with Crippen molar-refractivity contribution < 1.29 is 4.79 Å². The van der Waals surface area contributed by atoms with E-state index in [1.807, 2.05) is 0 Å². The second kappa shape index (κ2) is 5.17. The van der Waals surface area contributed by atoms with Crippen LogP contribution in [0.4, 0.5) is 0 Å². The van der Waals surface area contributed by atoms with Crippen molar-refractivity contribution in [2.24, 2.45) is 11.8 Å². The Bertz CT molecular complexity index is 246. The summed E-state index contributed by atoms with van der Waals surface area (Å²) in [7, 11) is 0. The third-order valence-corrected chi connectivity index (χ3v) is 4.00. The maximum Gasteiger partial charge on any atom is 0.227 e. The third-order valence-electron chi connectivity index (χ3n) is 4.00. The zero-order valence-electron chi connectivity index (χ0n) is 10.5. The molecule has 2 aliphatic heterocycles. The number of carbonyl (C=O) groups excluding carboxylic acids is 1. The van der Waals surface area contributed by atoms with Crippen LogP contribution in [0.3, 0.4) is 0 Å². The first kappa shape index (κ1) is 11.9. The Labute approximate surface area is 98.6 Å². The molecular weight excluding hydrogens is 200 g/mol. The molecule has 16 heavy (non-hydrogen) atoms. The standard InChI is InChI=1S/C13H24N2O/c1-10(2)12-6-4-8-15(12)13(16)11-5-3-7-14-9-11/h10-12,14H,3-9H2,1-2H3/t11-,12?/m1/s1. The van der Waals surface area contributed by atoms with E-state index in [1.165, 1.54) is 12.8 Å². The van der Waals surface area contributed by atoms with Crippen molar-refractivity contribution in [2.45, 2.75) is 45.6 Å². The molecule has 0 saturated carbocycles. The fraction of sp³-hybridized carbons (Fsp3) is 0.923. The Balaban J connectivity index is 1.97. The van der Waals surface area contributed by atoms with Gasteiger partial charge in [0, 0.05) is 19.1 Å². The molecule has 3 heteroatoms.